The van der Waals surface area contributed by atoms with Gasteiger partial charge in [-0.05, 0) is 30.3 Å². The smallest absolute Gasteiger partial charge is 0.244 e. The van der Waals surface area contributed by atoms with Gasteiger partial charge < -0.3 is 9.47 Å². The van der Waals surface area contributed by atoms with Crippen molar-refractivity contribution in [1.82, 2.24) is 9.29 Å². The zero-order valence-corrected chi connectivity index (χ0v) is 16.4. The quantitative estimate of drug-likeness (QED) is 0.512. The summed E-state index contributed by atoms with van der Waals surface area (Å²) in [6.07, 6.45) is 1.41. The number of pyridine rings is 1. The van der Waals surface area contributed by atoms with Gasteiger partial charge in [0.25, 0.3) is 0 Å². The molecule has 1 aliphatic rings. The van der Waals surface area contributed by atoms with Crippen molar-refractivity contribution in [2.24, 2.45) is 0 Å². The van der Waals surface area contributed by atoms with Crippen molar-refractivity contribution in [2.45, 2.75) is 9.92 Å². The second-order valence-corrected chi connectivity index (χ2v) is 8.99. The summed E-state index contributed by atoms with van der Waals surface area (Å²) in [4.78, 5) is 4.46. The second-order valence-electron chi connectivity index (χ2n) is 5.50. The molecule has 0 atom stereocenters. The minimum absolute atomic E-state index is 0.207. The van der Waals surface area contributed by atoms with Gasteiger partial charge in [-0.3, -0.25) is 0 Å². The lowest BCUT2D eigenvalue weighted by atomic mass is 10.3. The first-order chi connectivity index (χ1) is 12.6. The molecule has 140 valence electrons. The molecule has 2 aromatic rings. The minimum Gasteiger partial charge on any atom is -0.493 e. The van der Waals surface area contributed by atoms with Crippen LogP contribution in [0.25, 0.3) is 0 Å². The van der Waals surface area contributed by atoms with E-state index in [2.05, 4.69) is 4.98 Å². The number of halogens is 1. The molecule has 0 amide bonds. The zero-order valence-electron chi connectivity index (χ0n) is 14.0. The summed E-state index contributed by atoms with van der Waals surface area (Å²) in [5.41, 5.74) is 0. The van der Waals surface area contributed by atoms with E-state index in [0.29, 0.717) is 43.7 Å². The van der Waals surface area contributed by atoms with Crippen LogP contribution in [0.4, 0.5) is 0 Å². The Kier molecular flexibility index (Phi) is 6.77. The number of hydrogen-bond donors (Lipinski definition) is 0. The molecule has 1 saturated heterocycles. The van der Waals surface area contributed by atoms with Gasteiger partial charge in [-0.15, -0.1) is 11.8 Å². The molecule has 2 heterocycles. The minimum atomic E-state index is -3.50. The fourth-order valence-corrected chi connectivity index (χ4v) is 4.60. The van der Waals surface area contributed by atoms with Crippen molar-refractivity contribution < 1.29 is 17.9 Å². The van der Waals surface area contributed by atoms with Crippen molar-refractivity contribution in [3.63, 3.8) is 0 Å². The van der Waals surface area contributed by atoms with Crippen molar-refractivity contribution in [1.29, 1.82) is 0 Å². The first kappa shape index (κ1) is 19.4. The maximum absolute atomic E-state index is 12.5. The van der Waals surface area contributed by atoms with E-state index in [4.69, 9.17) is 21.1 Å². The van der Waals surface area contributed by atoms with Gasteiger partial charge in [-0.1, -0.05) is 17.7 Å². The lowest BCUT2D eigenvalue weighted by Crippen LogP contribution is -2.40. The van der Waals surface area contributed by atoms with E-state index in [0.717, 1.165) is 10.8 Å². The molecule has 0 bridgehead atoms. The number of hydrogen-bond acceptors (Lipinski definition) is 6. The average Bonchev–Trinajstić information content (AvgIpc) is 2.66. The van der Waals surface area contributed by atoms with Crippen LogP contribution in [0, 0.1) is 0 Å². The van der Waals surface area contributed by atoms with E-state index in [1.165, 1.54) is 22.3 Å². The lowest BCUT2D eigenvalue weighted by Gasteiger charge is -2.25. The average molecular weight is 415 g/mol. The van der Waals surface area contributed by atoms with E-state index in [-0.39, 0.29) is 4.90 Å². The Bertz CT molecular complexity index is 825. The Morgan fingerprint density at radius 2 is 2.04 bits per heavy atom. The lowest BCUT2D eigenvalue weighted by molar-refractivity contribution is 0.0730. The molecule has 26 heavy (non-hydrogen) atoms. The standard InChI is InChI=1S/C17H19ClN2O4S2/c18-14-2-1-3-15(12-14)24-10-11-25-17-5-4-16(13-19-17)26(21,22)20-6-8-23-9-7-20/h1-5,12-13H,6-11H2. The molecule has 0 spiro atoms. The Morgan fingerprint density at radius 3 is 2.73 bits per heavy atom. The van der Waals surface area contributed by atoms with Crippen LogP contribution in [0.15, 0.2) is 52.5 Å². The molecule has 6 nitrogen and oxygen atoms in total. The van der Waals surface area contributed by atoms with Crippen LogP contribution in [0.2, 0.25) is 5.02 Å². The highest BCUT2D eigenvalue weighted by Crippen LogP contribution is 2.21. The summed E-state index contributed by atoms with van der Waals surface area (Å²) in [5, 5.41) is 1.38. The number of ether oxygens (including phenoxy) is 2. The summed E-state index contributed by atoms with van der Waals surface area (Å²) >= 11 is 7.41. The Hall–Kier alpha value is -1.32. The van der Waals surface area contributed by atoms with Crippen LogP contribution in [0.3, 0.4) is 0 Å². The van der Waals surface area contributed by atoms with Crippen molar-refractivity contribution in [3.05, 3.63) is 47.6 Å². The summed E-state index contributed by atoms with van der Waals surface area (Å²) in [6, 6.07) is 10.5. The Morgan fingerprint density at radius 1 is 1.23 bits per heavy atom. The number of sulfonamides is 1. The highest BCUT2D eigenvalue weighted by Gasteiger charge is 2.26. The molecule has 0 radical (unpaired) electrons. The molecule has 1 aromatic carbocycles. The summed E-state index contributed by atoms with van der Waals surface area (Å²) < 4.78 is 37.3. The topological polar surface area (TPSA) is 68.7 Å². The predicted octanol–water partition coefficient (Wildman–Crippen LogP) is 2.93. The van der Waals surface area contributed by atoms with E-state index < -0.39 is 10.0 Å². The number of rotatable bonds is 7. The molecule has 0 saturated carbocycles. The summed E-state index contributed by atoms with van der Waals surface area (Å²) in [6.45, 7) is 2.10. The highest BCUT2D eigenvalue weighted by atomic mass is 35.5. The summed E-state index contributed by atoms with van der Waals surface area (Å²) in [5.74, 6) is 1.41. The van der Waals surface area contributed by atoms with Crippen LogP contribution >= 0.6 is 23.4 Å². The number of nitrogens with zero attached hydrogens (tertiary/aromatic N) is 2. The highest BCUT2D eigenvalue weighted by molar-refractivity contribution is 7.99. The number of aromatic nitrogens is 1. The normalized spacial score (nSPS) is 15.7. The Labute approximate surface area is 162 Å². The van der Waals surface area contributed by atoms with E-state index >= 15 is 0 Å². The largest absolute Gasteiger partial charge is 0.493 e. The number of benzene rings is 1. The van der Waals surface area contributed by atoms with E-state index in [9.17, 15) is 8.42 Å². The van der Waals surface area contributed by atoms with Gasteiger partial charge >= 0.3 is 0 Å². The predicted molar refractivity (Wildman–Crippen MR) is 101 cm³/mol. The molecule has 9 heteroatoms. The molecule has 0 unspecified atom stereocenters. The third-order valence-corrected chi connectivity index (χ3v) is 6.74. The van der Waals surface area contributed by atoms with Crippen LogP contribution in [0.5, 0.6) is 5.75 Å². The first-order valence-corrected chi connectivity index (χ1v) is 10.9. The summed E-state index contributed by atoms with van der Waals surface area (Å²) in [7, 11) is -3.50. The fourth-order valence-electron chi connectivity index (χ4n) is 2.40. The number of thioether (sulfide) groups is 1. The second kappa shape index (κ2) is 9.05. The van der Waals surface area contributed by atoms with Crippen molar-refractivity contribution >= 4 is 33.4 Å². The van der Waals surface area contributed by atoms with Crippen molar-refractivity contribution in [3.8, 4) is 5.75 Å². The third-order valence-electron chi connectivity index (χ3n) is 3.72. The fraction of sp³-hybridized carbons (Fsp3) is 0.353. The molecule has 1 fully saturated rings. The van der Waals surface area contributed by atoms with Crippen LogP contribution in [-0.4, -0.2) is 56.4 Å². The molecule has 1 aromatic heterocycles. The molecule has 0 aliphatic carbocycles. The SMILES string of the molecule is O=S(=O)(c1ccc(SCCOc2cccc(Cl)c2)nc1)N1CCOCC1. The molecular formula is C17H19ClN2O4S2. The monoisotopic (exact) mass is 414 g/mol. The van der Waals surface area contributed by atoms with Gasteiger partial charge in [-0.25, -0.2) is 13.4 Å². The maximum atomic E-state index is 12.5. The van der Waals surface area contributed by atoms with Crippen LogP contribution in [-0.2, 0) is 14.8 Å². The zero-order chi connectivity index (χ0) is 18.4. The van der Waals surface area contributed by atoms with Crippen LogP contribution < -0.4 is 4.74 Å². The first-order valence-electron chi connectivity index (χ1n) is 8.11. The molecule has 1 aliphatic heterocycles. The van der Waals surface area contributed by atoms with E-state index in [1.54, 1.807) is 24.3 Å². The number of morpholine rings is 1. The molecular weight excluding hydrogens is 396 g/mol. The van der Waals surface area contributed by atoms with E-state index in [1.807, 2.05) is 12.1 Å². The van der Waals surface area contributed by atoms with Gasteiger partial charge in [0.2, 0.25) is 10.0 Å². The maximum Gasteiger partial charge on any atom is 0.244 e. The van der Waals surface area contributed by atoms with Crippen molar-refractivity contribution in [2.75, 3.05) is 38.7 Å². The van der Waals surface area contributed by atoms with Gasteiger partial charge in [0.1, 0.15) is 10.6 Å². The molecule has 0 N–H and O–H groups in total. The van der Waals surface area contributed by atoms with Gasteiger partial charge in [0, 0.05) is 30.1 Å². The molecule has 3 rings (SSSR count). The Balaban J connectivity index is 1.51. The van der Waals surface area contributed by atoms with Gasteiger partial charge in [0.05, 0.1) is 24.8 Å². The van der Waals surface area contributed by atoms with Gasteiger partial charge in [-0.2, -0.15) is 4.31 Å². The van der Waals surface area contributed by atoms with Gasteiger partial charge in [0.15, 0.2) is 0 Å². The van der Waals surface area contributed by atoms with Crippen LogP contribution in [0.1, 0.15) is 0 Å². The third kappa shape index (κ3) is 5.11.